The van der Waals surface area contributed by atoms with Crippen molar-refractivity contribution in [2.24, 2.45) is 5.92 Å². The van der Waals surface area contributed by atoms with Crippen molar-refractivity contribution in [3.05, 3.63) is 88.5 Å². The first-order chi connectivity index (χ1) is 27.4. The predicted octanol–water partition coefficient (Wildman–Crippen LogP) is 8.49. The number of carboxylic acids is 1. The smallest absolute Gasteiger partial charge is 0.387 e. The highest BCUT2D eigenvalue weighted by Crippen LogP contribution is 2.39. The summed E-state index contributed by atoms with van der Waals surface area (Å²) in [5, 5.41) is 19.8. The number of nitriles is 1. The van der Waals surface area contributed by atoms with Crippen molar-refractivity contribution in [3.63, 3.8) is 0 Å². The van der Waals surface area contributed by atoms with Gasteiger partial charge in [0.25, 0.3) is 0 Å². The molecule has 2 aromatic heterocycles. The zero-order chi connectivity index (χ0) is 40.1. The van der Waals surface area contributed by atoms with Crippen molar-refractivity contribution in [2.75, 3.05) is 33.7 Å². The maximum atomic E-state index is 13.5. The minimum atomic E-state index is -3.07. The second kappa shape index (κ2) is 15.3. The van der Waals surface area contributed by atoms with E-state index in [1.54, 1.807) is 11.0 Å². The fourth-order valence-corrected chi connectivity index (χ4v) is 8.76. The number of likely N-dealkylation sites (tertiary alicyclic amines) is 2. The second-order valence-electron chi connectivity index (χ2n) is 15.6. The molecule has 3 atom stereocenters. The van der Waals surface area contributed by atoms with Gasteiger partial charge in [-0.05, 0) is 111 Å². The van der Waals surface area contributed by atoms with Gasteiger partial charge in [-0.15, -0.1) is 0 Å². The van der Waals surface area contributed by atoms with Gasteiger partial charge in [-0.1, -0.05) is 31.2 Å². The lowest BCUT2D eigenvalue weighted by Gasteiger charge is -2.22. The highest BCUT2D eigenvalue weighted by molar-refractivity contribution is 5.86. The predicted molar refractivity (Wildman–Crippen MR) is 212 cm³/mol. The Morgan fingerprint density at radius 3 is 2.26 bits per heavy atom. The normalized spacial score (nSPS) is 19.1. The summed E-state index contributed by atoms with van der Waals surface area (Å²) < 4.78 is 44.5. The lowest BCUT2D eigenvalue weighted by molar-refractivity contribution is -0.142. The van der Waals surface area contributed by atoms with E-state index in [9.17, 15) is 23.9 Å². The molecular weight excluding hydrogens is 731 g/mol. The van der Waals surface area contributed by atoms with Crippen LogP contribution in [0, 0.1) is 31.1 Å². The first-order valence-corrected chi connectivity index (χ1v) is 19.2. The molecule has 6 aromatic rings. The van der Waals surface area contributed by atoms with Gasteiger partial charge in [-0.25, -0.2) is 9.97 Å². The summed E-state index contributed by atoms with van der Waals surface area (Å²) in [5.74, 6) is 0.259. The highest BCUT2D eigenvalue weighted by Gasteiger charge is 2.33. The molecule has 294 valence electrons. The summed E-state index contributed by atoms with van der Waals surface area (Å²) in [6, 6.07) is 20.8. The van der Waals surface area contributed by atoms with Gasteiger partial charge in [0.1, 0.15) is 28.9 Å². The summed E-state index contributed by atoms with van der Waals surface area (Å²) in [4.78, 5) is 28.0. The molecule has 2 saturated heterocycles. The topological polar surface area (TPSA) is 132 Å². The van der Waals surface area contributed by atoms with Crippen LogP contribution < -0.4 is 4.74 Å². The van der Waals surface area contributed by atoms with Crippen LogP contribution in [0.1, 0.15) is 47.6 Å². The number of aliphatic carboxylic acids is 1. The van der Waals surface area contributed by atoms with Crippen molar-refractivity contribution in [1.82, 2.24) is 24.7 Å². The summed E-state index contributed by atoms with van der Waals surface area (Å²) in [5.41, 5.74) is 8.90. The minimum absolute atomic E-state index is 0.0779. The van der Waals surface area contributed by atoms with Crippen LogP contribution in [0.4, 0.5) is 8.78 Å². The molecule has 2 unspecified atom stereocenters. The number of halogens is 2. The number of fused-ring (bicyclic) bond motifs is 2. The van der Waals surface area contributed by atoms with Crippen LogP contribution in [0.5, 0.6) is 5.75 Å². The average Bonchev–Trinajstić information content (AvgIpc) is 3.97. The molecule has 4 heterocycles. The Hall–Kier alpha value is -5.68. The van der Waals surface area contributed by atoms with E-state index in [0.29, 0.717) is 76.4 Å². The molecule has 0 spiro atoms. The van der Waals surface area contributed by atoms with Crippen molar-refractivity contribution in [3.8, 4) is 45.9 Å². The Bertz CT molecular complexity index is 2540. The van der Waals surface area contributed by atoms with Crippen LogP contribution >= 0.6 is 0 Å². The zero-order valence-corrected chi connectivity index (χ0v) is 32.6. The van der Waals surface area contributed by atoms with Gasteiger partial charge >= 0.3 is 12.6 Å². The second-order valence-corrected chi connectivity index (χ2v) is 15.6. The number of nitrogens with zero attached hydrogens (tertiary/aromatic N) is 6. The van der Waals surface area contributed by atoms with E-state index in [0.717, 1.165) is 53.0 Å². The van der Waals surface area contributed by atoms with Gasteiger partial charge in [-0.3, -0.25) is 14.6 Å². The number of benzene rings is 4. The molecular formula is C44H44F2N6O5. The quantitative estimate of drug-likeness (QED) is 0.136. The van der Waals surface area contributed by atoms with Crippen LogP contribution in [-0.2, 0) is 17.9 Å². The van der Waals surface area contributed by atoms with Crippen molar-refractivity contribution >= 4 is 28.2 Å². The van der Waals surface area contributed by atoms with Crippen LogP contribution in [0.25, 0.3) is 56.2 Å². The minimum Gasteiger partial charge on any atom is -0.480 e. The fourth-order valence-electron chi connectivity index (χ4n) is 8.76. The summed E-state index contributed by atoms with van der Waals surface area (Å²) in [6.45, 7) is 6.52. The number of hydrogen-bond donors (Lipinski definition) is 1. The number of hydrogen-bond acceptors (Lipinski definition) is 10. The summed E-state index contributed by atoms with van der Waals surface area (Å²) >= 11 is 0. The maximum absolute atomic E-state index is 13.5. The number of rotatable bonds is 11. The first kappa shape index (κ1) is 38.2. The van der Waals surface area contributed by atoms with E-state index in [1.807, 2.05) is 62.4 Å². The number of ether oxygens (including phenoxy) is 1. The molecule has 2 aliphatic rings. The average molecular weight is 775 g/mol. The molecule has 2 aliphatic heterocycles. The lowest BCUT2D eigenvalue weighted by Crippen LogP contribution is -2.35. The third-order valence-corrected chi connectivity index (χ3v) is 11.6. The number of aromatic nitrogens is 2. The van der Waals surface area contributed by atoms with Gasteiger partial charge in [0, 0.05) is 55.0 Å². The standard InChI is InChI=1S/C44H44F2N6O5/c1-24-20-51(23-37(24)50(4)5)21-27-15-28(19-47)40-35(16-27)49-42(57-40)33-12-7-10-31(26(33)3)30-9-6-11-32(25(30)2)41-48-34-17-29(22-52-14-8-13-36(52)43(53)54)38(56-44(45)46)18-39(34)55-41/h6-7,9-12,15-18,24,36-37,44H,8,13-14,20-23H2,1-5H3,(H,53,54)/t24?,36-,37?/m0/s1. The van der Waals surface area contributed by atoms with Crippen molar-refractivity contribution < 1.29 is 32.3 Å². The third-order valence-electron chi connectivity index (χ3n) is 11.6. The largest absolute Gasteiger partial charge is 0.480 e. The van der Waals surface area contributed by atoms with E-state index in [4.69, 9.17) is 23.5 Å². The lowest BCUT2D eigenvalue weighted by atomic mass is 9.91. The zero-order valence-electron chi connectivity index (χ0n) is 32.6. The Balaban J connectivity index is 1.11. The van der Waals surface area contributed by atoms with E-state index < -0.39 is 18.6 Å². The van der Waals surface area contributed by atoms with E-state index in [1.165, 1.54) is 6.07 Å². The van der Waals surface area contributed by atoms with Gasteiger partial charge in [0.15, 0.2) is 11.2 Å². The number of likely N-dealkylation sites (N-methyl/N-ethyl adjacent to an activating group) is 1. The van der Waals surface area contributed by atoms with Crippen LogP contribution in [0.15, 0.2) is 69.5 Å². The van der Waals surface area contributed by atoms with Crippen LogP contribution in [0.3, 0.4) is 0 Å². The van der Waals surface area contributed by atoms with Gasteiger partial charge in [0.05, 0.1) is 5.56 Å². The van der Waals surface area contributed by atoms with Crippen molar-refractivity contribution in [2.45, 2.75) is 65.4 Å². The molecule has 2 fully saturated rings. The number of oxazole rings is 2. The molecule has 1 N–H and O–H groups in total. The monoisotopic (exact) mass is 774 g/mol. The number of carbonyl (C=O) groups is 1. The van der Waals surface area contributed by atoms with Crippen molar-refractivity contribution in [1.29, 1.82) is 5.26 Å². The molecule has 8 rings (SSSR count). The van der Waals surface area contributed by atoms with Crippen LogP contribution in [0.2, 0.25) is 0 Å². The molecule has 0 aliphatic carbocycles. The van der Waals surface area contributed by atoms with Gasteiger partial charge in [-0.2, -0.15) is 14.0 Å². The number of alkyl halides is 2. The van der Waals surface area contributed by atoms with E-state index >= 15 is 0 Å². The van der Waals surface area contributed by atoms with Gasteiger partial charge in [0.2, 0.25) is 11.8 Å². The molecule has 13 heteroatoms. The highest BCUT2D eigenvalue weighted by atomic mass is 19.3. The third kappa shape index (κ3) is 7.36. The fraction of sp³-hybridized carbons (Fsp3) is 0.364. The van der Waals surface area contributed by atoms with E-state index in [-0.39, 0.29) is 17.9 Å². The molecule has 0 bridgehead atoms. The molecule has 4 aromatic carbocycles. The first-order valence-electron chi connectivity index (χ1n) is 19.2. The van der Waals surface area contributed by atoms with Crippen LogP contribution in [-0.4, -0.2) is 88.2 Å². The summed E-state index contributed by atoms with van der Waals surface area (Å²) in [6.07, 6.45) is 1.19. The molecule has 0 saturated carbocycles. The maximum Gasteiger partial charge on any atom is 0.387 e. The Morgan fingerprint density at radius 2 is 1.63 bits per heavy atom. The van der Waals surface area contributed by atoms with Gasteiger partial charge < -0.3 is 23.6 Å². The number of carboxylic acid groups (broad SMARTS) is 1. The Kier molecular flexibility index (Phi) is 10.3. The SMILES string of the molecule is Cc1c(-c2nc3cc(CN4CCC[C@H]4C(=O)O)c(OC(F)F)cc3o2)cccc1-c1cccc(-c2nc3cc(CN4CC(C)C(N(C)C)C4)cc(C#N)c3o2)c1C. The summed E-state index contributed by atoms with van der Waals surface area (Å²) in [7, 11) is 4.24. The Morgan fingerprint density at radius 1 is 0.965 bits per heavy atom. The molecule has 0 radical (unpaired) electrons. The molecule has 0 amide bonds. The Labute approximate surface area is 329 Å². The molecule has 57 heavy (non-hydrogen) atoms. The van der Waals surface area contributed by atoms with E-state index in [2.05, 4.69) is 36.9 Å². The molecule has 11 nitrogen and oxygen atoms in total.